The molecule has 2 saturated heterocycles. The van der Waals surface area contributed by atoms with E-state index in [-0.39, 0.29) is 5.60 Å². The van der Waals surface area contributed by atoms with Gasteiger partial charge in [-0.2, -0.15) is 16.9 Å². The van der Waals surface area contributed by atoms with Gasteiger partial charge in [-0.25, -0.2) is 0 Å². The fourth-order valence-electron chi connectivity index (χ4n) is 2.22. The van der Waals surface area contributed by atoms with Gasteiger partial charge in [0.15, 0.2) is 0 Å². The number of thioether (sulfide) groups is 1. The minimum Gasteiger partial charge on any atom is -0.358 e. The highest BCUT2D eigenvalue weighted by Crippen LogP contribution is 2.54. The van der Waals surface area contributed by atoms with E-state index in [1.807, 2.05) is 29.7 Å². The molecule has 0 aliphatic carbocycles. The number of nitrogens with zero attached hydrogens (tertiary/aromatic N) is 2. The SMILES string of the molecule is Cn1ncc(Br)c1C12CSCCC1O2. The smallest absolute Gasteiger partial charge is 0.146 e. The van der Waals surface area contributed by atoms with E-state index in [2.05, 4.69) is 21.0 Å². The van der Waals surface area contributed by atoms with E-state index < -0.39 is 0 Å². The summed E-state index contributed by atoms with van der Waals surface area (Å²) in [7, 11) is 1.98. The largest absolute Gasteiger partial charge is 0.358 e. The molecule has 2 atom stereocenters. The van der Waals surface area contributed by atoms with E-state index >= 15 is 0 Å². The van der Waals surface area contributed by atoms with Crippen LogP contribution in [-0.2, 0) is 17.4 Å². The molecule has 3 nitrogen and oxygen atoms in total. The van der Waals surface area contributed by atoms with Gasteiger partial charge in [0.1, 0.15) is 5.60 Å². The molecule has 2 aliphatic heterocycles. The van der Waals surface area contributed by atoms with Crippen molar-refractivity contribution >= 4 is 27.7 Å². The maximum atomic E-state index is 5.86. The molecular formula is C9H11BrN2OS. The summed E-state index contributed by atoms with van der Waals surface area (Å²) < 4.78 is 8.86. The first-order valence-corrected chi connectivity index (χ1v) is 6.62. The average molecular weight is 275 g/mol. The molecule has 2 unspecified atom stereocenters. The molecule has 0 amide bonds. The minimum absolute atomic E-state index is 0.0347. The first kappa shape index (κ1) is 9.24. The minimum atomic E-state index is -0.0347. The Morgan fingerprint density at radius 3 is 3.29 bits per heavy atom. The van der Waals surface area contributed by atoms with E-state index in [1.54, 1.807) is 0 Å². The number of epoxide rings is 1. The van der Waals surface area contributed by atoms with Crippen molar-refractivity contribution in [1.29, 1.82) is 0 Å². The molecule has 2 aliphatic rings. The molecule has 0 bridgehead atoms. The van der Waals surface area contributed by atoms with Crippen molar-refractivity contribution in [3.63, 3.8) is 0 Å². The van der Waals surface area contributed by atoms with Crippen LogP contribution in [0.15, 0.2) is 10.7 Å². The van der Waals surface area contributed by atoms with Crippen LogP contribution in [0.25, 0.3) is 0 Å². The van der Waals surface area contributed by atoms with Crippen molar-refractivity contribution in [2.75, 3.05) is 11.5 Å². The molecule has 5 heteroatoms. The topological polar surface area (TPSA) is 30.4 Å². The van der Waals surface area contributed by atoms with Crippen LogP contribution in [0.1, 0.15) is 12.1 Å². The molecule has 76 valence electrons. The van der Waals surface area contributed by atoms with E-state index in [0.29, 0.717) is 6.10 Å². The van der Waals surface area contributed by atoms with Crippen LogP contribution in [0.5, 0.6) is 0 Å². The van der Waals surface area contributed by atoms with Gasteiger partial charge < -0.3 is 4.74 Å². The summed E-state index contributed by atoms with van der Waals surface area (Å²) in [6.07, 6.45) is 3.44. The molecule has 1 aromatic heterocycles. The van der Waals surface area contributed by atoms with Gasteiger partial charge >= 0.3 is 0 Å². The number of fused-ring (bicyclic) bond motifs is 1. The summed E-state index contributed by atoms with van der Waals surface area (Å²) >= 11 is 5.51. The molecule has 0 N–H and O–H groups in total. The molecule has 2 fully saturated rings. The second-order valence-electron chi connectivity index (χ2n) is 3.80. The number of hydrogen-bond acceptors (Lipinski definition) is 3. The van der Waals surface area contributed by atoms with Crippen molar-refractivity contribution in [2.45, 2.75) is 18.1 Å². The first-order chi connectivity index (χ1) is 6.74. The van der Waals surface area contributed by atoms with Gasteiger partial charge in [-0.3, -0.25) is 4.68 Å². The zero-order valence-electron chi connectivity index (χ0n) is 7.86. The third-order valence-electron chi connectivity index (χ3n) is 2.95. The number of aryl methyl sites for hydroxylation is 1. The molecule has 0 aromatic carbocycles. The monoisotopic (exact) mass is 274 g/mol. The second kappa shape index (κ2) is 3.00. The van der Waals surface area contributed by atoms with Crippen LogP contribution in [0.3, 0.4) is 0 Å². The maximum Gasteiger partial charge on any atom is 0.146 e. The molecule has 1 aromatic rings. The van der Waals surface area contributed by atoms with Gasteiger partial charge in [0.05, 0.1) is 22.5 Å². The summed E-state index contributed by atoms with van der Waals surface area (Å²) in [5.74, 6) is 2.29. The van der Waals surface area contributed by atoms with Crippen LogP contribution >= 0.6 is 27.7 Å². The summed E-state index contributed by atoms with van der Waals surface area (Å²) in [5.41, 5.74) is 1.17. The Morgan fingerprint density at radius 1 is 1.79 bits per heavy atom. The van der Waals surface area contributed by atoms with Crippen LogP contribution in [0, 0.1) is 0 Å². The van der Waals surface area contributed by atoms with Crippen molar-refractivity contribution in [3.05, 3.63) is 16.4 Å². The number of rotatable bonds is 1. The predicted molar refractivity (Wildman–Crippen MR) is 59.4 cm³/mol. The van der Waals surface area contributed by atoms with E-state index in [4.69, 9.17) is 4.74 Å². The molecule has 0 radical (unpaired) electrons. The van der Waals surface area contributed by atoms with Crippen LogP contribution in [0.4, 0.5) is 0 Å². The summed E-state index contributed by atoms with van der Waals surface area (Å²) in [6.45, 7) is 0. The van der Waals surface area contributed by atoms with Crippen molar-refractivity contribution in [1.82, 2.24) is 9.78 Å². The number of halogens is 1. The standard InChI is InChI=1S/C9H11BrN2OS/c1-12-8(6(10)4-11-12)9-5-14-3-2-7(9)13-9/h4,7H,2-3,5H2,1H3. The zero-order valence-corrected chi connectivity index (χ0v) is 10.3. The lowest BCUT2D eigenvalue weighted by molar-refractivity contribution is 0.306. The molecule has 3 rings (SSSR count). The normalized spacial score (nSPS) is 35.4. The molecule has 14 heavy (non-hydrogen) atoms. The highest BCUT2D eigenvalue weighted by atomic mass is 79.9. The van der Waals surface area contributed by atoms with Crippen molar-refractivity contribution in [2.24, 2.45) is 7.05 Å². The average Bonchev–Trinajstić information content (AvgIpc) is 2.81. The van der Waals surface area contributed by atoms with E-state index in [0.717, 1.165) is 10.2 Å². The highest BCUT2D eigenvalue weighted by molar-refractivity contribution is 9.10. The third kappa shape index (κ3) is 1.12. The Hall–Kier alpha value is -0.0000000000000000763. The van der Waals surface area contributed by atoms with Crippen LogP contribution in [0.2, 0.25) is 0 Å². The second-order valence-corrected chi connectivity index (χ2v) is 5.76. The van der Waals surface area contributed by atoms with Gasteiger partial charge in [-0.05, 0) is 28.1 Å². The van der Waals surface area contributed by atoms with Gasteiger partial charge in [0, 0.05) is 12.8 Å². The van der Waals surface area contributed by atoms with Gasteiger partial charge in [-0.15, -0.1) is 0 Å². The van der Waals surface area contributed by atoms with Crippen molar-refractivity contribution < 1.29 is 4.74 Å². The fraction of sp³-hybridized carbons (Fsp3) is 0.667. The summed E-state index contributed by atoms with van der Waals surface area (Å²) in [6, 6.07) is 0. The van der Waals surface area contributed by atoms with E-state index in [9.17, 15) is 0 Å². The van der Waals surface area contributed by atoms with Crippen molar-refractivity contribution in [3.8, 4) is 0 Å². The third-order valence-corrected chi connectivity index (χ3v) is 4.69. The predicted octanol–water partition coefficient (Wildman–Crippen LogP) is 1.91. The number of aromatic nitrogens is 2. The Kier molecular flexibility index (Phi) is 1.98. The fourth-order valence-corrected chi connectivity index (χ4v) is 4.12. The molecular weight excluding hydrogens is 264 g/mol. The highest BCUT2D eigenvalue weighted by Gasteiger charge is 2.61. The Labute approximate surface area is 95.3 Å². The van der Waals surface area contributed by atoms with Gasteiger partial charge in [-0.1, -0.05) is 0 Å². The molecule has 0 saturated carbocycles. The maximum absolute atomic E-state index is 5.86. The Balaban J connectivity index is 2.03. The summed E-state index contributed by atoms with van der Waals surface area (Å²) in [4.78, 5) is 0. The van der Waals surface area contributed by atoms with Gasteiger partial charge in [0.25, 0.3) is 0 Å². The number of ether oxygens (including phenoxy) is 1. The molecule has 3 heterocycles. The quantitative estimate of drug-likeness (QED) is 0.733. The lowest BCUT2D eigenvalue weighted by atomic mass is 10.0. The Morgan fingerprint density at radius 2 is 2.64 bits per heavy atom. The lowest BCUT2D eigenvalue weighted by Gasteiger charge is -2.17. The van der Waals surface area contributed by atoms with Crippen LogP contribution < -0.4 is 0 Å². The first-order valence-electron chi connectivity index (χ1n) is 4.67. The summed E-state index contributed by atoms with van der Waals surface area (Å²) in [5, 5.41) is 4.24. The van der Waals surface area contributed by atoms with Crippen LogP contribution in [-0.4, -0.2) is 27.4 Å². The Bertz CT molecular complexity index is 361. The lowest BCUT2D eigenvalue weighted by Crippen LogP contribution is -2.24. The van der Waals surface area contributed by atoms with Gasteiger partial charge in [0.2, 0.25) is 0 Å². The van der Waals surface area contributed by atoms with E-state index in [1.165, 1.54) is 17.9 Å². The zero-order chi connectivity index (χ0) is 9.76. The molecule has 0 spiro atoms. The number of hydrogen-bond donors (Lipinski definition) is 0.